The quantitative estimate of drug-likeness (QED) is 0.590. The minimum Gasteiger partial charge on any atom is -0.385 e. The van der Waals surface area contributed by atoms with Crippen molar-refractivity contribution in [1.29, 1.82) is 0 Å². The highest BCUT2D eigenvalue weighted by molar-refractivity contribution is 5.59. The van der Waals surface area contributed by atoms with Gasteiger partial charge in [-0.05, 0) is 31.0 Å². The molecule has 2 N–H and O–H groups in total. The van der Waals surface area contributed by atoms with Gasteiger partial charge in [-0.25, -0.2) is 18.2 Å². The van der Waals surface area contributed by atoms with Crippen LogP contribution in [-0.4, -0.2) is 26.5 Å². The molecule has 0 saturated carbocycles. The van der Waals surface area contributed by atoms with Crippen LogP contribution < -0.4 is 0 Å². The van der Waals surface area contributed by atoms with Crippen LogP contribution in [0.4, 0.5) is 13.2 Å². The molecule has 154 valence electrons. The Labute approximate surface area is 167 Å². The zero-order valence-corrected chi connectivity index (χ0v) is 16.6. The zero-order valence-electron chi connectivity index (χ0n) is 16.6. The zero-order chi connectivity index (χ0) is 21.2. The SMILES string of the molecule is CC(O)(Cc1ncc(CC(C)(C)C(F)F)[nH]1)c1ccc(-c2ccc(F)cn2)cc1. The van der Waals surface area contributed by atoms with Gasteiger partial charge >= 0.3 is 0 Å². The Morgan fingerprint density at radius 3 is 2.24 bits per heavy atom. The molecule has 0 bridgehead atoms. The van der Waals surface area contributed by atoms with Crippen LogP contribution in [0, 0.1) is 11.2 Å². The van der Waals surface area contributed by atoms with Gasteiger partial charge in [0.2, 0.25) is 6.43 Å². The Hall–Kier alpha value is -2.67. The Morgan fingerprint density at radius 2 is 1.66 bits per heavy atom. The molecule has 3 aromatic rings. The summed E-state index contributed by atoms with van der Waals surface area (Å²) in [5, 5.41) is 10.9. The summed E-state index contributed by atoms with van der Waals surface area (Å²) in [7, 11) is 0. The van der Waals surface area contributed by atoms with E-state index in [1.165, 1.54) is 19.9 Å². The number of rotatable bonds is 7. The lowest BCUT2D eigenvalue weighted by atomic mass is 9.88. The number of hydrogen-bond donors (Lipinski definition) is 2. The van der Waals surface area contributed by atoms with Crippen molar-refractivity contribution in [1.82, 2.24) is 15.0 Å². The number of aromatic amines is 1. The molecule has 1 unspecified atom stereocenters. The van der Waals surface area contributed by atoms with Crippen LogP contribution in [0.2, 0.25) is 0 Å². The molecule has 1 aromatic carbocycles. The average Bonchev–Trinajstić information content (AvgIpc) is 3.07. The van der Waals surface area contributed by atoms with Crippen LogP contribution in [0.1, 0.15) is 37.9 Å². The van der Waals surface area contributed by atoms with Crippen molar-refractivity contribution in [3.63, 3.8) is 0 Å². The van der Waals surface area contributed by atoms with Crippen molar-refractivity contribution >= 4 is 0 Å². The van der Waals surface area contributed by atoms with Crippen LogP contribution in [0.15, 0.2) is 48.8 Å². The van der Waals surface area contributed by atoms with Gasteiger partial charge in [0.05, 0.1) is 17.5 Å². The van der Waals surface area contributed by atoms with E-state index in [9.17, 15) is 18.3 Å². The lowest BCUT2D eigenvalue weighted by molar-refractivity contribution is 0.0194. The number of aliphatic hydroxyl groups is 1. The molecule has 1 atom stereocenters. The lowest BCUT2D eigenvalue weighted by Crippen LogP contribution is -2.25. The first-order valence-electron chi connectivity index (χ1n) is 9.32. The highest BCUT2D eigenvalue weighted by Gasteiger charge is 2.31. The number of nitrogens with one attached hydrogen (secondary N) is 1. The molecule has 0 aliphatic carbocycles. The average molecular weight is 403 g/mol. The first-order chi connectivity index (χ1) is 13.6. The topological polar surface area (TPSA) is 61.8 Å². The van der Waals surface area contributed by atoms with Gasteiger partial charge < -0.3 is 10.1 Å². The Balaban J connectivity index is 1.72. The molecule has 0 amide bonds. The second kappa shape index (κ2) is 7.99. The minimum absolute atomic E-state index is 0.166. The third-order valence-corrected chi connectivity index (χ3v) is 4.96. The molecular formula is C22H24F3N3O. The van der Waals surface area contributed by atoms with Crippen LogP contribution in [0.5, 0.6) is 0 Å². The summed E-state index contributed by atoms with van der Waals surface area (Å²) in [5.41, 5.74) is 0.362. The normalized spacial score (nSPS) is 14.2. The third-order valence-electron chi connectivity index (χ3n) is 4.96. The van der Waals surface area contributed by atoms with E-state index in [1.807, 2.05) is 12.1 Å². The van der Waals surface area contributed by atoms with E-state index in [4.69, 9.17) is 0 Å². The number of nitrogens with zero attached hydrogens (tertiary/aromatic N) is 2. The van der Waals surface area contributed by atoms with Gasteiger partial charge in [-0.15, -0.1) is 0 Å². The summed E-state index contributed by atoms with van der Waals surface area (Å²) >= 11 is 0. The summed E-state index contributed by atoms with van der Waals surface area (Å²) in [6.07, 6.45) is 0.629. The molecular weight excluding hydrogens is 379 g/mol. The maximum atomic E-state index is 13.1. The number of pyridine rings is 1. The summed E-state index contributed by atoms with van der Waals surface area (Å²) < 4.78 is 39.2. The van der Waals surface area contributed by atoms with Gasteiger partial charge in [-0.1, -0.05) is 38.1 Å². The monoisotopic (exact) mass is 403 g/mol. The van der Waals surface area contributed by atoms with Crippen LogP contribution in [0.25, 0.3) is 11.3 Å². The standard InChI is InChI=1S/C22H24F3N3O/c1-21(2,20(24)25)10-17-13-27-19(28-17)11-22(3,29)15-6-4-14(5-7-15)18-9-8-16(23)12-26-18/h4-9,12-13,20,29H,10-11H2,1-3H3,(H,27,28). The van der Waals surface area contributed by atoms with Crippen LogP contribution >= 0.6 is 0 Å². The predicted octanol–water partition coefficient (Wildman–Crippen LogP) is 4.89. The molecule has 2 heterocycles. The summed E-state index contributed by atoms with van der Waals surface area (Å²) in [6, 6.07) is 10.1. The number of H-pyrrole nitrogens is 1. The predicted molar refractivity (Wildman–Crippen MR) is 105 cm³/mol. The molecule has 2 aromatic heterocycles. The Kier molecular flexibility index (Phi) is 5.80. The highest BCUT2D eigenvalue weighted by Crippen LogP contribution is 2.30. The van der Waals surface area contributed by atoms with E-state index < -0.39 is 23.3 Å². The first kappa shape index (κ1) is 21.0. The second-order valence-electron chi connectivity index (χ2n) is 8.21. The van der Waals surface area contributed by atoms with Crippen molar-refractivity contribution in [2.75, 3.05) is 0 Å². The van der Waals surface area contributed by atoms with E-state index in [0.717, 1.165) is 11.8 Å². The fourth-order valence-electron chi connectivity index (χ4n) is 3.13. The largest absolute Gasteiger partial charge is 0.385 e. The number of benzene rings is 1. The van der Waals surface area contributed by atoms with Crippen molar-refractivity contribution < 1.29 is 18.3 Å². The number of aromatic nitrogens is 3. The minimum atomic E-state index is -2.44. The number of hydrogen-bond acceptors (Lipinski definition) is 3. The van der Waals surface area contributed by atoms with Crippen LogP contribution in [-0.2, 0) is 18.4 Å². The molecule has 0 spiro atoms. The number of halogens is 3. The smallest absolute Gasteiger partial charge is 0.244 e. The third kappa shape index (κ3) is 5.03. The maximum absolute atomic E-state index is 13.1. The second-order valence-corrected chi connectivity index (χ2v) is 8.21. The molecule has 0 saturated heterocycles. The van der Waals surface area contributed by atoms with E-state index >= 15 is 0 Å². The van der Waals surface area contributed by atoms with E-state index in [2.05, 4.69) is 15.0 Å². The highest BCUT2D eigenvalue weighted by atomic mass is 19.3. The summed E-state index contributed by atoms with van der Waals surface area (Å²) in [5.74, 6) is 0.127. The van der Waals surface area contributed by atoms with E-state index in [-0.39, 0.29) is 12.8 Å². The van der Waals surface area contributed by atoms with Gasteiger partial charge in [0.25, 0.3) is 0 Å². The van der Waals surface area contributed by atoms with Gasteiger partial charge in [0.1, 0.15) is 11.6 Å². The molecule has 3 rings (SSSR count). The van der Waals surface area contributed by atoms with E-state index in [0.29, 0.717) is 22.8 Å². The summed E-state index contributed by atoms with van der Waals surface area (Å²) in [4.78, 5) is 11.3. The van der Waals surface area contributed by atoms with Crippen molar-refractivity contribution in [3.8, 4) is 11.3 Å². The Bertz CT molecular complexity index is 948. The molecule has 29 heavy (non-hydrogen) atoms. The maximum Gasteiger partial charge on any atom is 0.244 e. The number of alkyl halides is 2. The molecule has 0 aliphatic rings. The molecule has 0 radical (unpaired) electrons. The van der Waals surface area contributed by atoms with Crippen molar-refractivity contribution in [2.45, 2.75) is 45.6 Å². The van der Waals surface area contributed by atoms with Crippen LogP contribution in [0.3, 0.4) is 0 Å². The summed E-state index contributed by atoms with van der Waals surface area (Å²) in [6.45, 7) is 4.68. The molecule has 7 heteroatoms. The fraction of sp³-hybridized carbons (Fsp3) is 0.364. The lowest BCUT2D eigenvalue weighted by Gasteiger charge is -2.23. The molecule has 0 fully saturated rings. The first-order valence-corrected chi connectivity index (χ1v) is 9.32. The van der Waals surface area contributed by atoms with Gasteiger partial charge in [-0.3, -0.25) is 4.98 Å². The molecule has 4 nitrogen and oxygen atoms in total. The van der Waals surface area contributed by atoms with Gasteiger partial charge in [0.15, 0.2) is 0 Å². The van der Waals surface area contributed by atoms with Crippen molar-refractivity contribution in [3.05, 3.63) is 71.7 Å². The van der Waals surface area contributed by atoms with Gasteiger partial charge in [0, 0.05) is 29.3 Å². The number of imidazole rings is 1. The fourth-order valence-corrected chi connectivity index (χ4v) is 3.13. The van der Waals surface area contributed by atoms with E-state index in [1.54, 1.807) is 31.3 Å². The molecule has 0 aliphatic heterocycles. The van der Waals surface area contributed by atoms with Gasteiger partial charge in [-0.2, -0.15) is 0 Å². The van der Waals surface area contributed by atoms with Crippen molar-refractivity contribution in [2.24, 2.45) is 5.41 Å². The Morgan fingerprint density at radius 1 is 0.966 bits per heavy atom.